The Morgan fingerprint density at radius 3 is 2.39 bits per heavy atom. The quantitative estimate of drug-likeness (QED) is 0.301. The van der Waals surface area contributed by atoms with Gasteiger partial charge in [-0.25, -0.2) is 10.1 Å². The first-order chi connectivity index (χ1) is 21.9. The summed E-state index contributed by atoms with van der Waals surface area (Å²) in [5.41, 5.74) is -2.23. The Kier molecular flexibility index (Phi) is 8.04. The fourth-order valence-corrected chi connectivity index (χ4v) is 5.63. The lowest BCUT2D eigenvalue weighted by Gasteiger charge is -2.35. The van der Waals surface area contributed by atoms with Crippen molar-refractivity contribution in [1.29, 1.82) is 0 Å². The van der Waals surface area contributed by atoms with Crippen LogP contribution in [0.1, 0.15) is 38.7 Å². The first-order valence-electron chi connectivity index (χ1n) is 14.0. The number of amides is 1. The van der Waals surface area contributed by atoms with Crippen molar-refractivity contribution < 1.29 is 35.9 Å². The molecule has 0 spiro atoms. The lowest BCUT2D eigenvalue weighted by molar-refractivity contribution is -0.139. The van der Waals surface area contributed by atoms with Crippen molar-refractivity contribution in [1.82, 2.24) is 25.1 Å². The normalized spacial score (nSPS) is 16.8. The summed E-state index contributed by atoms with van der Waals surface area (Å²) in [7, 11) is 0. The molecule has 0 aliphatic carbocycles. The zero-order valence-electron chi connectivity index (χ0n) is 23.8. The highest BCUT2D eigenvalue weighted by Crippen LogP contribution is 2.42. The summed E-state index contributed by atoms with van der Waals surface area (Å²) in [6.07, 6.45) is -4.92. The number of hydrogen-bond donors (Lipinski definition) is 1. The number of ether oxygens (including phenoxy) is 1. The van der Waals surface area contributed by atoms with Crippen LogP contribution in [-0.2, 0) is 18.9 Å². The fourth-order valence-electron chi connectivity index (χ4n) is 5.63. The van der Waals surface area contributed by atoms with E-state index in [0.717, 1.165) is 29.6 Å². The number of carbonyl (C=O) groups is 1. The van der Waals surface area contributed by atoms with Gasteiger partial charge in [0.1, 0.15) is 23.7 Å². The molecular formula is C30H25F6N7O3. The second-order valence-corrected chi connectivity index (χ2v) is 10.7. The maximum atomic E-state index is 13.9. The van der Waals surface area contributed by atoms with Crippen LogP contribution < -0.4 is 20.1 Å². The van der Waals surface area contributed by atoms with E-state index >= 15 is 0 Å². The van der Waals surface area contributed by atoms with Crippen molar-refractivity contribution in [2.24, 2.45) is 0 Å². The first-order valence-corrected chi connectivity index (χ1v) is 14.0. The van der Waals surface area contributed by atoms with Crippen LogP contribution in [0, 0.1) is 0 Å². The van der Waals surface area contributed by atoms with E-state index in [1.807, 2.05) is 5.10 Å². The van der Waals surface area contributed by atoms with Crippen LogP contribution in [0.2, 0.25) is 0 Å². The topological polar surface area (TPSA) is 108 Å². The Bertz CT molecular complexity index is 1790. The van der Waals surface area contributed by atoms with Crippen molar-refractivity contribution in [2.75, 3.05) is 42.6 Å². The van der Waals surface area contributed by atoms with Crippen molar-refractivity contribution in [3.63, 3.8) is 0 Å². The summed E-state index contributed by atoms with van der Waals surface area (Å²) >= 11 is 0. The third-order valence-electron chi connectivity index (χ3n) is 7.89. The van der Waals surface area contributed by atoms with Crippen LogP contribution in [0.3, 0.4) is 0 Å². The number of alkyl halides is 6. The summed E-state index contributed by atoms with van der Waals surface area (Å²) in [4.78, 5) is 38.3. The molecule has 1 atom stereocenters. The monoisotopic (exact) mass is 645 g/mol. The van der Waals surface area contributed by atoms with E-state index in [4.69, 9.17) is 4.74 Å². The second-order valence-electron chi connectivity index (χ2n) is 10.7. The molecule has 46 heavy (non-hydrogen) atoms. The summed E-state index contributed by atoms with van der Waals surface area (Å²) < 4.78 is 86.3. The molecule has 4 aromatic rings. The minimum atomic E-state index is -4.93. The third kappa shape index (κ3) is 6.19. The molecule has 0 unspecified atom stereocenters. The van der Waals surface area contributed by atoms with Gasteiger partial charge in [0.15, 0.2) is 0 Å². The lowest BCUT2D eigenvalue weighted by Crippen LogP contribution is -2.49. The van der Waals surface area contributed by atoms with E-state index in [0.29, 0.717) is 18.9 Å². The molecule has 10 nitrogen and oxygen atoms in total. The van der Waals surface area contributed by atoms with Gasteiger partial charge in [0, 0.05) is 45.1 Å². The van der Waals surface area contributed by atoms with E-state index in [9.17, 15) is 35.9 Å². The summed E-state index contributed by atoms with van der Waals surface area (Å²) in [6.45, 7) is 1.23. The summed E-state index contributed by atoms with van der Waals surface area (Å²) in [5.74, 6) is 0.246. The van der Waals surface area contributed by atoms with Crippen molar-refractivity contribution in [2.45, 2.75) is 24.9 Å². The number of halogens is 6. The van der Waals surface area contributed by atoms with Crippen LogP contribution in [0.5, 0.6) is 5.75 Å². The van der Waals surface area contributed by atoms with E-state index < -0.39 is 35.1 Å². The molecule has 3 aromatic heterocycles. The number of hydrogen-bond acceptors (Lipinski definition) is 8. The van der Waals surface area contributed by atoms with Gasteiger partial charge in [-0.3, -0.25) is 14.6 Å². The van der Waals surface area contributed by atoms with Crippen LogP contribution in [-0.4, -0.2) is 63.8 Å². The molecule has 2 aliphatic heterocycles. The van der Waals surface area contributed by atoms with Gasteiger partial charge in [-0.2, -0.15) is 31.4 Å². The highest BCUT2D eigenvalue weighted by molar-refractivity contribution is 5.94. The second kappa shape index (κ2) is 12.0. The molecule has 0 bridgehead atoms. The number of fused-ring (bicyclic) bond motifs is 1. The Morgan fingerprint density at radius 1 is 0.935 bits per heavy atom. The average molecular weight is 646 g/mol. The molecule has 5 heterocycles. The number of nitrogens with zero attached hydrogens (tertiary/aromatic N) is 6. The molecule has 240 valence electrons. The van der Waals surface area contributed by atoms with Crippen molar-refractivity contribution in [3.05, 3.63) is 105 Å². The average Bonchev–Trinajstić information content (AvgIpc) is 3.41. The zero-order valence-corrected chi connectivity index (χ0v) is 23.8. The maximum Gasteiger partial charge on any atom is 0.423 e. The van der Waals surface area contributed by atoms with E-state index in [1.54, 1.807) is 34.1 Å². The number of carbonyl (C=O) groups excluding carboxylic acids is 1. The first kappa shape index (κ1) is 30.9. The molecule has 0 radical (unpaired) electrons. The number of benzene rings is 1. The van der Waals surface area contributed by atoms with Gasteiger partial charge in [0.05, 0.1) is 35.2 Å². The molecule has 1 fully saturated rings. The number of piperazine rings is 1. The molecule has 16 heteroatoms. The van der Waals surface area contributed by atoms with Crippen molar-refractivity contribution >= 4 is 17.4 Å². The van der Waals surface area contributed by atoms with Crippen molar-refractivity contribution in [3.8, 4) is 5.75 Å². The minimum Gasteiger partial charge on any atom is -0.489 e. The highest BCUT2D eigenvalue weighted by atomic mass is 19.4. The SMILES string of the molecule is O=C(c1cncc(OC[C@H]2c3ccccc3CN2c2cn[nH]c(=O)c2C(F)(F)F)c1)N1CCN(c2ccc(C(F)(F)F)cn2)CC1. The van der Waals surface area contributed by atoms with Gasteiger partial charge in [-0.05, 0) is 29.3 Å². The molecule has 1 saturated heterocycles. The number of nitrogens with one attached hydrogen (secondary N) is 1. The van der Waals surface area contributed by atoms with Crippen LogP contribution >= 0.6 is 0 Å². The number of anilines is 2. The smallest absolute Gasteiger partial charge is 0.423 e. The number of H-pyrrole nitrogens is 1. The van der Waals surface area contributed by atoms with Gasteiger partial charge in [0.2, 0.25) is 0 Å². The number of rotatable bonds is 6. The molecule has 0 saturated carbocycles. The fraction of sp³-hybridized carbons (Fsp3) is 0.300. The number of aromatic amines is 1. The van der Waals surface area contributed by atoms with Crippen LogP contribution in [0.25, 0.3) is 0 Å². The van der Waals surface area contributed by atoms with Gasteiger partial charge < -0.3 is 19.4 Å². The van der Waals surface area contributed by atoms with Crippen LogP contribution in [0.15, 0.2) is 72.0 Å². The minimum absolute atomic E-state index is 0.0865. The van der Waals surface area contributed by atoms with Crippen LogP contribution in [0.4, 0.5) is 37.8 Å². The maximum absolute atomic E-state index is 13.9. The van der Waals surface area contributed by atoms with Gasteiger partial charge in [-0.15, -0.1) is 0 Å². The van der Waals surface area contributed by atoms with Gasteiger partial charge >= 0.3 is 12.4 Å². The summed E-state index contributed by atoms with van der Waals surface area (Å²) in [6, 6.07) is 10.1. The number of pyridine rings is 2. The Labute approximate surface area is 257 Å². The largest absolute Gasteiger partial charge is 0.489 e. The zero-order chi connectivity index (χ0) is 32.6. The summed E-state index contributed by atoms with van der Waals surface area (Å²) in [5, 5.41) is 5.46. The lowest BCUT2D eigenvalue weighted by atomic mass is 10.1. The van der Waals surface area contributed by atoms with E-state index in [1.165, 1.54) is 29.4 Å². The Balaban J connectivity index is 1.14. The van der Waals surface area contributed by atoms with E-state index in [2.05, 4.69) is 15.1 Å². The highest BCUT2D eigenvalue weighted by Gasteiger charge is 2.42. The van der Waals surface area contributed by atoms with Gasteiger partial charge in [0.25, 0.3) is 11.5 Å². The standard InChI is InChI=1S/C30H25F6N7O3/c31-29(32,33)20-5-6-25(38-13-20)41-7-9-42(10-8-41)28(45)19-11-21(14-37-12-19)46-17-24-22-4-2-1-3-18(22)16-43(24)23-15-39-40-27(44)26(23)30(34,35)36/h1-6,11-15,24H,7-10,16-17H2,(H,40,44)/t24-/m0/s1. The predicted molar refractivity (Wildman–Crippen MR) is 152 cm³/mol. The molecule has 1 amide bonds. The van der Waals surface area contributed by atoms with E-state index in [-0.39, 0.29) is 49.1 Å². The molecule has 1 N–H and O–H groups in total. The Hall–Kier alpha value is -5.15. The molecule has 2 aliphatic rings. The molecule has 6 rings (SSSR count). The number of aromatic nitrogens is 4. The third-order valence-corrected chi connectivity index (χ3v) is 7.89. The molecular weight excluding hydrogens is 620 g/mol. The Morgan fingerprint density at radius 2 is 1.70 bits per heavy atom. The molecule has 1 aromatic carbocycles. The van der Waals surface area contributed by atoms with Gasteiger partial charge in [-0.1, -0.05) is 24.3 Å². The predicted octanol–water partition coefficient (Wildman–Crippen LogP) is 4.70.